The number of nitrogens with one attached hydrogen (secondary N) is 1. The number of pyridine rings is 1. The van der Waals surface area contributed by atoms with Gasteiger partial charge in [-0.15, -0.1) is 0 Å². The molecule has 3 rings (SSSR count). The molecular formula is C15H21N3O2. The Morgan fingerprint density at radius 1 is 1.40 bits per heavy atom. The van der Waals surface area contributed by atoms with Crippen LogP contribution in [0.4, 0.5) is 5.82 Å². The van der Waals surface area contributed by atoms with Gasteiger partial charge in [0, 0.05) is 25.2 Å². The first-order valence-electron chi connectivity index (χ1n) is 7.24. The minimum Gasteiger partial charge on any atom is -0.465 e. The van der Waals surface area contributed by atoms with Gasteiger partial charge in [-0.3, -0.25) is 4.90 Å². The van der Waals surface area contributed by atoms with Crippen molar-refractivity contribution >= 4 is 11.8 Å². The number of methoxy groups -OCH3 is 1. The summed E-state index contributed by atoms with van der Waals surface area (Å²) in [5.74, 6) is 0.514. The van der Waals surface area contributed by atoms with Gasteiger partial charge in [0.2, 0.25) is 0 Å². The number of likely N-dealkylation sites (tertiary alicyclic amines) is 1. The van der Waals surface area contributed by atoms with Crippen molar-refractivity contribution in [3.63, 3.8) is 0 Å². The molecule has 0 aromatic carbocycles. The summed E-state index contributed by atoms with van der Waals surface area (Å²) >= 11 is 0. The van der Waals surface area contributed by atoms with E-state index in [0.29, 0.717) is 17.3 Å². The number of carbonyl (C=O) groups excluding carboxylic acids is 1. The molecule has 1 aliphatic heterocycles. The van der Waals surface area contributed by atoms with Crippen molar-refractivity contribution in [2.24, 2.45) is 0 Å². The van der Waals surface area contributed by atoms with E-state index in [0.717, 1.165) is 24.8 Å². The molecule has 2 fully saturated rings. The van der Waals surface area contributed by atoms with Gasteiger partial charge in [0.1, 0.15) is 5.82 Å². The maximum absolute atomic E-state index is 11.5. The smallest absolute Gasteiger partial charge is 0.339 e. The molecule has 2 aliphatic rings. The predicted molar refractivity (Wildman–Crippen MR) is 76.9 cm³/mol. The largest absolute Gasteiger partial charge is 0.465 e. The lowest BCUT2D eigenvalue weighted by Gasteiger charge is -2.16. The highest BCUT2D eigenvalue weighted by atomic mass is 16.5. The first-order chi connectivity index (χ1) is 9.67. The second-order valence-corrected chi connectivity index (χ2v) is 5.68. The van der Waals surface area contributed by atoms with Crippen molar-refractivity contribution in [2.75, 3.05) is 25.5 Å². The van der Waals surface area contributed by atoms with Crippen LogP contribution in [0.15, 0.2) is 12.1 Å². The number of rotatable bonds is 4. The predicted octanol–water partition coefficient (Wildman–Crippen LogP) is 1.83. The molecule has 2 heterocycles. The van der Waals surface area contributed by atoms with Crippen LogP contribution in [0.25, 0.3) is 0 Å². The molecule has 0 amide bonds. The van der Waals surface area contributed by atoms with Crippen LogP contribution in [0.2, 0.25) is 0 Å². The van der Waals surface area contributed by atoms with Crippen molar-refractivity contribution in [2.45, 2.75) is 38.3 Å². The van der Waals surface area contributed by atoms with Gasteiger partial charge in [0.05, 0.1) is 18.4 Å². The van der Waals surface area contributed by atoms with E-state index in [9.17, 15) is 4.79 Å². The van der Waals surface area contributed by atoms with Gasteiger partial charge < -0.3 is 10.1 Å². The van der Waals surface area contributed by atoms with Crippen LogP contribution in [0, 0.1) is 6.92 Å². The van der Waals surface area contributed by atoms with Crippen molar-refractivity contribution in [3.05, 3.63) is 23.4 Å². The van der Waals surface area contributed by atoms with Gasteiger partial charge in [-0.25, -0.2) is 9.78 Å². The highest BCUT2D eigenvalue weighted by molar-refractivity contribution is 5.90. The number of anilines is 1. The van der Waals surface area contributed by atoms with Crippen LogP contribution in [-0.4, -0.2) is 48.1 Å². The van der Waals surface area contributed by atoms with E-state index in [4.69, 9.17) is 4.74 Å². The third-order valence-electron chi connectivity index (χ3n) is 4.13. The SMILES string of the molecule is COC(=O)c1ccc(NC2CCN(C3CC3)C2)nc1C. The Morgan fingerprint density at radius 3 is 2.85 bits per heavy atom. The van der Waals surface area contributed by atoms with Crippen LogP contribution < -0.4 is 5.32 Å². The quantitative estimate of drug-likeness (QED) is 0.850. The molecule has 0 bridgehead atoms. The molecule has 1 saturated carbocycles. The van der Waals surface area contributed by atoms with Gasteiger partial charge >= 0.3 is 5.97 Å². The molecule has 1 aromatic rings. The Labute approximate surface area is 119 Å². The minimum atomic E-state index is -0.331. The van der Waals surface area contributed by atoms with Crippen molar-refractivity contribution in [1.29, 1.82) is 0 Å². The highest BCUT2D eigenvalue weighted by Crippen LogP contribution is 2.30. The van der Waals surface area contributed by atoms with E-state index in [-0.39, 0.29) is 5.97 Å². The summed E-state index contributed by atoms with van der Waals surface area (Å²) in [6, 6.07) is 4.94. The lowest BCUT2D eigenvalue weighted by atomic mass is 10.2. The Hall–Kier alpha value is -1.62. The first-order valence-corrected chi connectivity index (χ1v) is 7.24. The molecule has 1 aromatic heterocycles. The molecule has 1 aliphatic carbocycles. The first kappa shape index (κ1) is 13.4. The summed E-state index contributed by atoms with van der Waals surface area (Å²) in [5.41, 5.74) is 1.24. The maximum Gasteiger partial charge on any atom is 0.339 e. The zero-order valence-corrected chi connectivity index (χ0v) is 12.1. The number of aromatic nitrogens is 1. The van der Waals surface area contributed by atoms with E-state index in [1.54, 1.807) is 6.07 Å². The van der Waals surface area contributed by atoms with Crippen LogP contribution in [0.3, 0.4) is 0 Å². The Balaban J connectivity index is 1.63. The summed E-state index contributed by atoms with van der Waals surface area (Å²) in [6.07, 6.45) is 3.88. The van der Waals surface area contributed by atoms with Crippen LogP contribution in [-0.2, 0) is 4.74 Å². The number of esters is 1. The molecule has 1 saturated heterocycles. The number of nitrogens with zero attached hydrogens (tertiary/aromatic N) is 2. The fourth-order valence-corrected chi connectivity index (χ4v) is 2.85. The fourth-order valence-electron chi connectivity index (χ4n) is 2.85. The number of aryl methyl sites for hydroxylation is 1. The Kier molecular flexibility index (Phi) is 3.61. The van der Waals surface area contributed by atoms with Crippen LogP contribution >= 0.6 is 0 Å². The van der Waals surface area contributed by atoms with Gasteiger partial charge in [0.15, 0.2) is 0 Å². The summed E-state index contributed by atoms with van der Waals surface area (Å²) in [7, 11) is 1.39. The molecule has 0 radical (unpaired) electrons. The van der Waals surface area contributed by atoms with E-state index in [1.807, 2.05) is 13.0 Å². The maximum atomic E-state index is 11.5. The van der Waals surface area contributed by atoms with Gasteiger partial charge in [-0.1, -0.05) is 0 Å². The van der Waals surface area contributed by atoms with E-state index in [2.05, 4.69) is 15.2 Å². The zero-order valence-electron chi connectivity index (χ0n) is 12.1. The summed E-state index contributed by atoms with van der Waals surface area (Å²) in [4.78, 5) is 18.5. The van der Waals surface area contributed by atoms with Gasteiger partial charge in [-0.05, 0) is 38.3 Å². The number of ether oxygens (including phenoxy) is 1. The number of hydrogen-bond acceptors (Lipinski definition) is 5. The Bertz CT molecular complexity index is 514. The van der Waals surface area contributed by atoms with E-state index < -0.39 is 0 Å². The molecule has 108 valence electrons. The van der Waals surface area contributed by atoms with Gasteiger partial charge in [-0.2, -0.15) is 0 Å². The average molecular weight is 275 g/mol. The normalized spacial score (nSPS) is 22.8. The average Bonchev–Trinajstić information content (AvgIpc) is 3.19. The zero-order chi connectivity index (χ0) is 14.1. The monoisotopic (exact) mass is 275 g/mol. The van der Waals surface area contributed by atoms with Gasteiger partial charge in [0.25, 0.3) is 0 Å². The number of carbonyl (C=O) groups is 1. The van der Waals surface area contributed by atoms with Crippen molar-refractivity contribution < 1.29 is 9.53 Å². The third-order valence-corrected chi connectivity index (χ3v) is 4.13. The van der Waals surface area contributed by atoms with E-state index >= 15 is 0 Å². The van der Waals surface area contributed by atoms with Crippen molar-refractivity contribution in [1.82, 2.24) is 9.88 Å². The molecule has 0 spiro atoms. The Morgan fingerprint density at radius 2 is 2.20 bits per heavy atom. The number of hydrogen-bond donors (Lipinski definition) is 1. The summed E-state index contributed by atoms with van der Waals surface area (Å²) in [6.45, 7) is 4.12. The van der Waals surface area contributed by atoms with E-state index in [1.165, 1.54) is 26.5 Å². The molecule has 1 atom stereocenters. The molecule has 5 heteroatoms. The molecular weight excluding hydrogens is 254 g/mol. The molecule has 5 nitrogen and oxygen atoms in total. The molecule has 20 heavy (non-hydrogen) atoms. The van der Waals surface area contributed by atoms with Crippen LogP contribution in [0.5, 0.6) is 0 Å². The summed E-state index contributed by atoms with van der Waals surface area (Å²) in [5, 5.41) is 3.47. The van der Waals surface area contributed by atoms with Crippen LogP contribution in [0.1, 0.15) is 35.3 Å². The fraction of sp³-hybridized carbons (Fsp3) is 0.600. The topological polar surface area (TPSA) is 54.5 Å². The van der Waals surface area contributed by atoms with Crippen molar-refractivity contribution in [3.8, 4) is 0 Å². The lowest BCUT2D eigenvalue weighted by Crippen LogP contribution is -2.28. The lowest BCUT2D eigenvalue weighted by molar-refractivity contribution is 0.0599. The minimum absolute atomic E-state index is 0.331. The second kappa shape index (κ2) is 5.40. The third kappa shape index (κ3) is 2.77. The summed E-state index contributed by atoms with van der Waals surface area (Å²) < 4.78 is 4.73. The highest BCUT2D eigenvalue weighted by Gasteiger charge is 2.34. The standard InChI is InChI=1S/C15H21N3O2/c1-10-13(15(19)20-2)5-6-14(16-10)17-11-7-8-18(9-11)12-3-4-12/h5-6,11-12H,3-4,7-9H2,1-2H3,(H,16,17). The molecule has 1 unspecified atom stereocenters. The second-order valence-electron chi connectivity index (χ2n) is 5.68. The molecule has 1 N–H and O–H groups in total.